The van der Waals surface area contributed by atoms with Crippen molar-refractivity contribution in [2.75, 3.05) is 6.54 Å². The van der Waals surface area contributed by atoms with E-state index in [-0.39, 0.29) is 18.2 Å². The van der Waals surface area contributed by atoms with Gasteiger partial charge in [-0.25, -0.2) is 4.79 Å². The van der Waals surface area contributed by atoms with Crippen LogP contribution in [0.2, 0.25) is 0 Å². The number of carbonyl (C=O) groups excluding carboxylic acids is 1. The Morgan fingerprint density at radius 2 is 2.13 bits per heavy atom. The van der Waals surface area contributed by atoms with Gasteiger partial charge in [-0.2, -0.15) is 0 Å². The molecule has 0 aliphatic carbocycles. The van der Waals surface area contributed by atoms with Gasteiger partial charge in [0.2, 0.25) is 0 Å². The molecule has 2 N–H and O–H groups in total. The van der Waals surface area contributed by atoms with Gasteiger partial charge in [-0.05, 0) is 33.6 Å². The van der Waals surface area contributed by atoms with Gasteiger partial charge in [0.05, 0.1) is 0 Å². The first-order valence-corrected chi connectivity index (χ1v) is 5.58. The summed E-state index contributed by atoms with van der Waals surface area (Å²) >= 11 is 0. The molecule has 88 valence electrons. The lowest BCUT2D eigenvalue weighted by atomic mass is 10.1. The van der Waals surface area contributed by atoms with Crippen LogP contribution in [0.1, 0.15) is 40.5 Å². The standard InChI is InChI=1S/C11H22N2O2/c1-5-9-6-8(12)7-13(9)10(14)15-11(2,3)4/h8-9H,5-7,12H2,1-4H3/t8-,9-/m1/s1. The summed E-state index contributed by atoms with van der Waals surface area (Å²) in [7, 11) is 0. The molecule has 0 bridgehead atoms. The SMILES string of the molecule is CC[C@@H]1C[C@@H](N)CN1C(=O)OC(C)(C)C. The maximum absolute atomic E-state index is 11.8. The van der Waals surface area contributed by atoms with E-state index in [9.17, 15) is 4.79 Å². The fourth-order valence-electron chi connectivity index (χ4n) is 1.88. The van der Waals surface area contributed by atoms with E-state index in [1.54, 1.807) is 4.90 Å². The summed E-state index contributed by atoms with van der Waals surface area (Å²) in [6.07, 6.45) is 1.59. The predicted octanol–water partition coefficient (Wildman–Crippen LogP) is 1.73. The Balaban J connectivity index is 2.59. The molecule has 0 spiro atoms. The van der Waals surface area contributed by atoms with Gasteiger partial charge in [0.15, 0.2) is 0 Å². The van der Waals surface area contributed by atoms with Gasteiger partial charge >= 0.3 is 6.09 Å². The average Bonchev–Trinajstić information content (AvgIpc) is 2.43. The van der Waals surface area contributed by atoms with E-state index in [4.69, 9.17) is 10.5 Å². The van der Waals surface area contributed by atoms with Gasteiger partial charge in [-0.15, -0.1) is 0 Å². The number of hydrogen-bond donors (Lipinski definition) is 1. The van der Waals surface area contributed by atoms with Crippen LogP contribution in [0.3, 0.4) is 0 Å². The molecule has 4 heteroatoms. The molecule has 1 amide bonds. The van der Waals surface area contributed by atoms with Crippen LogP contribution in [-0.4, -0.2) is 35.2 Å². The number of nitrogens with zero attached hydrogens (tertiary/aromatic N) is 1. The Labute approximate surface area is 91.8 Å². The highest BCUT2D eigenvalue weighted by molar-refractivity contribution is 5.69. The van der Waals surface area contributed by atoms with Crippen molar-refractivity contribution in [3.05, 3.63) is 0 Å². The summed E-state index contributed by atoms with van der Waals surface area (Å²) in [5.41, 5.74) is 5.41. The molecular weight excluding hydrogens is 192 g/mol. The van der Waals surface area contributed by atoms with Crippen molar-refractivity contribution in [2.24, 2.45) is 5.73 Å². The minimum atomic E-state index is -0.429. The molecule has 4 nitrogen and oxygen atoms in total. The number of likely N-dealkylation sites (tertiary alicyclic amines) is 1. The van der Waals surface area contributed by atoms with E-state index in [2.05, 4.69) is 6.92 Å². The zero-order valence-corrected chi connectivity index (χ0v) is 10.1. The molecular formula is C11H22N2O2. The minimum absolute atomic E-state index is 0.0995. The van der Waals surface area contributed by atoms with E-state index < -0.39 is 5.60 Å². The lowest BCUT2D eigenvalue weighted by molar-refractivity contribution is 0.0222. The van der Waals surface area contributed by atoms with Crippen molar-refractivity contribution in [3.63, 3.8) is 0 Å². The molecule has 1 aliphatic rings. The van der Waals surface area contributed by atoms with Crippen molar-refractivity contribution in [1.29, 1.82) is 0 Å². The molecule has 0 unspecified atom stereocenters. The Morgan fingerprint density at radius 1 is 1.53 bits per heavy atom. The minimum Gasteiger partial charge on any atom is -0.444 e. The van der Waals surface area contributed by atoms with Crippen LogP contribution in [0, 0.1) is 0 Å². The highest BCUT2D eigenvalue weighted by Gasteiger charge is 2.34. The highest BCUT2D eigenvalue weighted by atomic mass is 16.6. The molecule has 1 aliphatic heterocycles. The first-order valence-electron chi connectivity index (χ1n) is 5.58. The molecule has 1 heterocycles. The van der Waals surface area contributed by atoms with E-state index in [0.29, 0.717) is 6.54 Å². The van der Waals surface area contributed by atoms with E-state index in [1.165, 1.54) is 0 Å². The van der Waals surface area contributed by atoms with Crippen LogP contribution in [0.4, 0.5) is 4.79 Å². The Morgan fingerprint density at radius 3 is 2.60 bits per heavy atom. The fraction of sp³-hybridized carbons (Fsp3) is 0.909. The van der Waals surface area contributed by atoms with Crippen LogP contribution < -0.4 is 5.73 Å². The second kappa shape index (κ2) is 4.39. The number of hydrogen-bond acceptors (Lipinski definition) is 3. The van der Waals surface area contributed by atoms with Crippen molar-refractivity contribution in [2.45, 2.75) is 58.2 Å². The van der Waals surface area contributed by atoms with Crippen LogP contribution in [0.5, 0.6) is 0 Å². The van der Waals surface area contributed by atoms with Crippen LogP contribution >= 0.6 is 0 Å². The maximum Gasteiger partial charge on any atom is 0.410 e. The number of rotatable bonds is 1. The quantitative estimate of drug-likeness (QED) is 0.723. The lowest BCUT2D eigenvalue weighted by Gasteiger charge is -2.27. The molecule has 1 fully saturated rings. The van der Waals surface area contributed by atoms with Gasteiger partial charge < -0.3 is 15.4 Å². The van der Waals surface area contributed by atoms with Gasteiger partial charge in [-0.1, -0.05) is 6.92 Å². The summed E-state index contributed by atoms with van der Waals surface area (Å²) in [5.74, 6) is 0. The normalized spacial score (nSPS) is 26.9. The molecule has 1 rings (SSSR count). The zero-order valence-electron chi connectivity index (χ0n) is 10.1. The number of nitrogens with two attached hydrogens (primary N) is 1. The topological polar surface area (TPSA) is 55.6 Å². The molecule has 0 aromatic rings. The van der Waals surface area contributed by atoms with Crippen molar-refractivity contribution in [1.82, 2.24) is 4.90 Å². The summed E-state index contributed by atoms with van der Waals surface area (Å²) in [6, 6.07) is 0.345. The average molecular weight is 214 g/mol. The summed E-state index contributed by atoms with van der Waals surface area (Å²) in [6.45, 7) is 8.32. The van der Waals surface area contributed by atoms with Gasteiger partial charge in [0.1, 0.15) is 5.60 Å². The molecule has 1 saturated heterocycles. The largest absolute Gasteiger partial charge is 0.444 e. The van der Waals surface area contributed by atoms with Crippen LogP contribution in [0.15, 0.2) is 0 Å². The third kappa shape index (κ3) is 3.38. The van der Waals surface area contributed by atoms with Crippen molar-refractivity contribution >= 4 is 6.09 Å². The fourth-order valence-corrected chi connectivity index (χ4v) is 1.88. The second-order valence-corrected chi connectivity index (χ2v) is 5.19. The zero-order chi connectivity index (χ0) is 11.6. The smallest absolute Gasteiger partial charge is 0.410 e. The number of carbonyl (C=O) groups is 1. The van der Waals surface area contributed by atoms with E-state index in [1.807, 2.05) is 20.8 Å². The monoisotopic (exact) mass is 214 g/mol. The van der Waals surface area contributed by atoms with Gasteiger partial charge in [0.25, 0.3) is 0 Å². The van der Waals surface area contributed by atoms with E-state index >= 15 is 0 Å². The molecule has 0 radical (unpaired) electrons. The maximum atomic E-state index is 11.8. The molecule has 2 atom stereocenters. The van der Waals surface area contributed by atoms with Crippen LogP contribution in [-0.2, 0) is 4.74 Å². The number of amides is 1. The Kier molecular flexibility index (Phi) is 3.60. The van der Waals surface area contributed by atoms with Crippen LogP contribution in [0.25, 0.3) is 0 Å². The van der Waals surface area contributed by atoms with Gasteiger partial charge in [-0.3, -0.25) is 0 Å². The molecule has 0 aromatic heterocycles. The molecule has 15 heavy (non-hydrogen) atoms. The Bertz CT molecular complexity index is 235. The third-order valence-electron chi connectivity index (χ3n) is 2.55. The molecule has 0 aromatic carbocycles. The van der Waals surface area contributed by atoms with Crippen molar-refractivity contribution < 1.29 is 9.53 Å². The first kappa shape index (κ1) is 12.3. The lowest BCUT2D eigenvalue weighted by Crippen LogP contribution is -2.40. The molecule has 0 saturated carbocycles. The van der Waals surface area contributed by atoms with Crippen molar-refractivity contribution in [3.8, 4) is 0 Å². The van der Waals surface area contributed by atoms with Gasteiger partial charge in [0, 0.05) is 18.6 Å². The summed E-state index contributed by atoms with van der Waals surface area (Å²) in [5, 5.41) is 0. The predicted molar refractivity (Wildman–Crippen MR) is 59.6 cm³/mol. The first-order chi connectivity index (χ1) is 6.83. The number of ether oxygens (including phenoxy) is 1. The highest BCUT2D eigenvalue weighted by Crippen LogP contribution is 2.22. The summed E-state index contributed by atoms with van der Waals surface area (Å²) in [4.78, 5) is 13.6. The second-order valence-electron chi connectivity index (χ2n) is 5.19. The Hall–Kier alpha value is -0.770. The van der Waals surface area contributed by atoms with E-state index in [0.717, 1.165) is 12.8 Å². The summed E-state index contributed by atoms with van der Waals surface area (Å²) < 4.78 is 5.33. The third-order valence-corrected chi connectivity index (χ3v) is 2.55.